The third-order valence-electron chi connectivity index (χ3n) is 6.78. The Balaban J connectivity index is 1.53. The Morgan fingerprint density at radius 3 is 1.88 bits per heavy atom. The van der Waals surface area contributed by atoms with Crippen LogP contribution in [0.5, 0.6) is 11.5 Å². The monoisotopic (exact) mass is 599 g/mol. The Bertz CT molecular complexity index is 2160. The van der Waals surface area contributed by atoms with E-state index in [1.165, 1.54) is 25.6 Å². The van der Waals surface area contributed by atoms with Gasteiger partial charge in [0.25, 0.3) is 0 Å². The van der Waals surface area contributed by atoms with Crippen LogP contribution in [0.25, 0.3) is 45.2 Å². The quantitative estimate of drug-likeness (QED) is 0.126. The Morgan fingerprint density at radius 1 is 0.643 bits per heavy atom. The molecule has 0 N–H and O–H groups in total. The fraction of sp³-hybridized carbons (Fsp3) is 0.125. The summed E-state index contributed by atoms with van der Waals surface area (Å²) in [4.78, 5) is 51.3. The predicted molar refractivity (Wildman–Crippen MR) is 166 cm³/mol. The largest absolute Gasteiger partial charge is 0.482 e. The molecule has 6 rings (SSSR count). The van der Waals surface area contributed by atoms with Crippen molar-refractivity contribution in [3.63, 3.8) is 0 Å². The molecule has 10 heteroatoms. The zero-order valence-electron chi connectivity index (χ0n) is 22.5. The summed E-state index contributed by atoms with van der Waals surface area (Å²) in [6.45, 7) is -0.527. The third-order valence-corrected chi connectivity index (χ3v) is 10.3. The van der Waals surface area contributed by atoms with Gasteiger partial charge in [-0.25, -0.2) is 9.59 Å². The molecule has 0 bridgehead atoms. The number of carbonyl (C=O) groups is 2. The highest BCUT2D eigenvalue weighted by Crippen LogP contribution is 2.45. The van der Waals surface area contributed by atoms with Crippen molar-refractivity contribution in [1.29, 1.82) is 0 Å². The summed E-state index contributed by atoms with van der Waals surface area (Å²) >= 11 is 1.49. The molecule has 6 aromatic rings. The Morgan fingerprint density at radius 2 is 1.19 bits per heavy atom. The molecule has 0 spiro atoms. The smallest absolute Gasteiger partial charge is 0.343 e. The van der Waals surface area contributed by atoms with Crippen molar-refractivity contribution in [1.82, 2.24) is 0 Å². The van der Waals surface area contributed by atoms with E-state index in [0.29, 0.717) is 33.0 Å². The lowest BCUT2D eigenvalue weighted by molar-refractivity contribution is -0.143. The summed E-state index contributed by atoms with van der Waals surface area (Å²) in [6.07, 6.45) is 0. The second-order valence-corrected chi connectivity index (χ2v) is 12.3. The van der Waals surface area contributed by atoms with Gasteiger partial charge in [0.05, 0.1) is 25.0 Å². The van der Waals surface area contributed by atoms with Gasteiger partial charge in [0.2, 0.25) is 5.43 Å². The van der Waals surface area contributed by atoms with E-state index >= 15 is 0 Å². The van der Waals surface area contributed by atoms with Crippen molar-refractivity contribution in [3.05, 3.63) is 99.3 Å². The highest BCUT2D eigenvalue weighted by atomic mass is 32.2. The normalized spacial score (nSPS) is 11.6. The van der Waals surface area contributed by atoms with Crippen LogP contribution in [0, 0.1) is 0 Å². The van der Waals surface area contributed by atoms with Gasteiger partial charge in [-0.05, 0) is 54.6 Å². The number of benzene rings is 4. The molecule has 2 heterocycles. The fourth-order valence-corrected chi connectivity index (χ4v) is 8.13. The summed E-state index contributed by atoms with van der Waals surface area (Å²) in [5.41, 5.74) is -0.285. The number of esters is 2. The van der Waals surface area contributed by atoms with E-state index in [4.69, 9.17) is 9.47 Å². The molecule has 0 fully saturated rings. The zero-order valence-corrected chi connectivity index (χ0v) is 24.1. The van der Waals surface area contributed by atoms with Crippen LogP contribution < -0.4 is 20.3 Å². The van der Waals surface area contributed by atoms with E-state index in [2.05, 4.69) is 9.47 Å². The van der Waals surface area contributed by atoms with Crippen LogP contribution in [-0.4, -0.2) is 39.4 Å². The third kappa shape index (κ3) is 4.95. The van der Waals surface area contributed by atoms with Gasteiger partial charge in [0.1, 0.15) is 11.5 Å². The lowest BCUT2D eigenvalue weighted by Gasteiger charge is -2.08. The average molecular weight is 600 g/mol. The Hall–Kier alpha value is -4.80. The SMILES string of the molecule is COC(=O)COc1ccc2sc3ccc(-[s+]4c5ccccc5c(=O)c5cc(OCC(=O)OC)ccc54)cc3c(=O)c2c1. The maximum atomic E-state index is 13.8. The average Bonchev–Trinajstić information content (AvgIpc) is 3.03. The number of rotatable bonds is 7. The Kier molecular flexibility index (Phi) is 7.32. The molecule has 0 radical (unpaired) electrons. The van der Waals surface area contributed by atoms with Crippen LogP contribution in [0.15, 0.2) is 88.5 Å². The van der Waals surface area contributed by atoms with Gasteiger partial charge >= 0.3 is 11.9 Å². The molecule has 1 unspecified atom stereocenters. The molecule has 0 saturated carbocycles. The predicted octanol–water partition coefficient (Wildman–Crippen LogP) is 5.92. The summed E-state index contributed by atoms with van der Waals surface area (Å²) in [6, 6.07) is 23.7. The molecule has 1 atom stereocenters. The lowest BCUT2D eigenvalue weighted by Crippen LogP contribution is -2.12. The summed E-state index contributed by atoms with van der Waals surface area (Å²) in [7, 11) is 1.87. The Labute approximate surface area is 245 Å². The van der Waals surface area contributed by atoms with Crippen LogP contribution >= 0.6 is 21.8 Å². The molecule has 210 valence electrons. The van der Waals surface area contributed by atoms with Crippen molar-refractivity contribution < 1.29 is 28.5 Å². The minimum atomic E-state index is -0.691. The second-order valence-electron chi connectivity index (χ2n) is 9.27. The first-order valence-corrected chi connectivity index (χ1v) is 14.8. The molecule has 0 aliphatic carbocycles. The molecule has 0 aliphatic heterocycles. The van der Waals surface area contributed by atoms with E-state index in [9.17, 15) is 19.2 Å². The van der Waals surface area contributed by atoms with Crippen molar-refractivity contribution in [2.75, 3.05) is 27.4 Å². The first-order chi connectivity index (χ1) is 20.4. The molecular weight excluding hydrogens is 576 g/mol. The zero-order chi connectivity index (χ0) is 29.4. The number of fused-ring (bicyclic) bond motifs is 4. The van der Waals surface area contributed by atoms with Crippen LogP contribution in [0.1, 0.15) is 0 Å². The second kappa shape index (κ2) is 11.2. The first-order valence-electron chi connectivity index (χ1n) is 12.8. The van der Waals surface area contributed by atoms with Crippen molar-refractivity contribution in [3.8, 4) is 16.4 Å². The fourth-order valence-electron chi connectivity index (χ4n) is 4.74. The van der Waals surface area contributed by atoms with E-state index in [0.717, 1.165) is 23.7 Å². The van der Waals surface area contributed by atoms with Crippen molar-refractivity contribution >= 4 is 74.1 Å². The lowest BCUT2D eigenvalue weighted by atomic mass is 10.2. The van der Waals surface area contributed by atoms with Gasteiger partial charge in [-0.3, -0.25) is 9.59 Å². The summed E-state index contributed by atoms with van der Waals surface area (Å²) < 4.78 is 23.7. The molecule has 0 aliphatic rings. The topological polar surface area (TPSA) is 105 Å². The van der Waals surface area contributed by atoms with Gasteiger partial charge in [-0.1, -0.05) is 12.1 Å². The van der Waals surface area contributed by atoms with E-state index in [-0.39, 0.29) is 24.1 Å². The molecule has 42 heavy (non-hydrogen) atoms. The highest BCUT2D eigenvalue weighted by molar-refractivity contribution is 7.49. The van der Waals surface area contributed by atoms with Crippen molar-refractivity contribution in [2.24, 2.45) is 0 Å². The maximum absolute atomic E-state index is 13.8. The van der Waals surface area contributed by atoms with Crippen LogP contribution in [0.2, 0.25) is 0 Å². The first kappa shape index (κ1) is 27.4. The molecule has 0 amide bonds. The summed E-state index contributed by atoms with van der Waals surface area (Å²) in [5, 5.41) is 2.10. The van der Waals surface area contributed by atoms with Crippen LogP contribution in [0.3, 0.4) is 0 Å². The van der Waals surface area contributed by atoms with Crippen LogP contribution in [-0.2, 0) is 19.1 Å². The molecule has 2 aromatic heterocycles. The van der Waals surface area contributed by atoms with Crippen molar-refractivity contribution in [2.45, 2.75) is 0 Å². The van der Waals surface area contributed by atoms with E-state index in [1.807, 2.05) is 48.5 Å². The number of methoxy groups -OCH3 is 2. The minimum Gasteiger partial charge on any atom is -0.482 e. The van der Waals surface area contributed by atoms with Gasteiger partial charge in [0.15, 0.2) is 32.9 Å². The van der Waals surface area contributed by atoms with Gasteiger partial charge in [-0.15, -0.1) is 11.3 Å². The van der Waals surface area contributed by atoms with E-state index in [1.54, 1.807) is 30.3 Å². The molecule has 4 aromatic carbocycles. The van der Waals surface area contributed by atoms with Gasteiger partial charge < -0.3 is 18.9 Å². The van der Waals surface area contributed by atoms with Crippen LogP contribution in [0.4, 0.5) is 0 Å². The van der Waals surface area contributed by atoms with Gasteiger partial charge in [0, 0.05) is 42.8 Å². The summed E-state index contributed by atoms with van der Waals surface area (Å²) in [5.74, 6) is -0.259. The standard InChI is InChI=1S/C32H23O8S2/c1-37-29(33)16-39-18-7-10-25-22(13-18)32(36)23-15-20(9-11-26(23)41-25)42-27-6-4-3-5-21(27)31(35)24-14-19(8-12-28(24)42)40-17-30(34)38-2/h3-15H,16-17H2,1-2H3/q+1. The maximum Gasteiger partial charge on any atom is 0.343 e. The molecular formula is C32H23O8S2+. The minimum absolute atomic E-state index is 0.133. The molecule has 8 nitrogen and oxygen atoms in total. The number of carbonyl (C=O) groups excluding carboxylic acids is 2. The molecule has 0 saturated heterocycles. The number of ether oxygens (including phenoxy) is 4. The highest BCUT2D eigenvalue weighted by Gasteiger charge is 2.24. The number of hydrogen-bond donors (Lipinski definition) is 0. The number of hydrogen-bond acceptors (Lipinski definition) is 9. The van der Waals surface area contributed by atoms with E-state index < -0.39 is 22.4 Å². The van der Waals surface area contributed by atoms with Gasteiger partial charge in [-0.2, -0.15) is 0 Å².